The Bertz CT molecular complexity index is 890. The number of rotatable bonds is 8. The number of nitrogens with one attached hydrogen (secondary N) is 1. The molecule has 1 amide bonds. The van der Waals surface area contributed by atoms with Crippen molar-refractivity contribution >= 4 is 17.5 Å². The molecule has 0 bridgehead atoms. The first-order valence-corrected chi connectivity index (χ1v) is 9.25. The van der Waals surface area contributed by atoms with Gasteiger partial charge in [0, 0.05) is 24.2 Å². The van der Waals surface area contributed by atoms with Crippen LogP contribution in [0.2, 0.25) is 5.02 Å². The van der Waals surface area contributed by atoms with Gasteiger partial charge in [-0.3, -0.25) is 4.79 Å². The van der Waals surface area contributed by atoms with Crippen LogP contribution in [0.4, 0.5) is 0 Å². The number of hydrogen-bond acceptors (Lipinski definition) is 4. The van der Waals surface area contributed by atoms with Gasteiger partial charge in [-0.2, -0.15) is 5.10 Å². The van der Waals surface area contributed by atoms with Crippen LogP contribution in [0.15, 0.2) is 53.1 Å². The summed E-state index contributed by atoms with van der Waals surface area (Å²) in [7, 11) is 0. The van der Waals surface area contributed by atoms with Crippen LogP contribution in [0.3, 0.4) is 0 Å². The molecule has 7 heteroatoms. The normalized spacial score (nSPS) is 12.1. The maximum absolute atomic E-state index is 12.5. The Hall–Kier alpha value is -2.57. The fourth-order valence-electron chi connectivity index (χ4n) is 2.73. The minimum absolute atomic E-state index is 0.157. The summed E-state index contributed by atoms with van der Waals surface area (Å²) in [6, 6.07) is 12.5. The van der Waals surface area contributed by atoms with Crippen molar-refractivity contribution in [3.05, 3.63) is 59.4 Å². The highest BCUT2D eigenvalue weighted by molar-refractivity contribution is 6.30. The van der Waals surface area contributed by atoms with E-state index in [1.54, 1.807) is 35.2 Å². The lowest BCUT2D eigenvalue weighted by molar-refractivity contribution is 0.0946. The van der Waals surface area contributed by atoms with Gasteiger partial charge >= 0.3 is 0 Å². The lowest BCUT2D eigenvalue weighted by Crippen LogP contribution is -2.25. The van der Waals surface area contributed by atoms with E-state index >= 15 is 0 Å². The second kappa shape index (κ2) is 8.88. The summed E-state index contributed by atoms with van der Waals surface area (Å²) in [5.74, 6) is 0.591. The van der Waals surface area contributed by atoms with Crippen molar-refractivity contribution in [2.45, 2.75) is 19.8 Å². The zero-order valence-corrected chi connectivity index (χ0v) is 15.8. The van der Waals surface area contributed by atoms with Gasteiger partial charge in [-0.05, 0) is 49.1 Å². The maximum Gasteiger partial charge on any atom is 0.271 e. The maximum atomic E-state index is 12.5. The van der Waals surface area contributed by atoms with E-state index in [9.17, 15) is 4.79 Å². The van der Waals surface area contributed by atoms with E-state index in [1.165, 1.54) is 0 Å². The van der Waals surface area contributed by atoms with Gasteiger partial charge in [-0.1, -0.05) is 24.6 Å². The molecule has 0 aliphatic rings. The van der Waals surface area contributed by atoms with Crippen LogP contribution in [0, 0.1) is 5.92 Å². The third-order valence-electron chi connectivity index (χ3n) is 4.24. The zero-order chi connectivity index (χ0) is 19.2. The molecule has 1 atom stereocenters. The van der Waals surface area contributed by atoms with Crippen LogP contribution in [-0.2, 0) is 0 Å². The van der Waals surface area contributed by atoms with Crippen molar-refractivity contribution in [1.82, 2.24) is 15.1 Å². The second-order valence-electron chi connectivity index (χ2n) is 6.47. The molecule has 2 N–H and O–H groups in total. The Balaban J connectivity index is 1.80. The monoisotopic (exact) mass is 387 g/mol. The van der Waals surface area contributed by atoms with E-state index in [0.29, 0.717) is 28.7 Å². The molecule has 142 valence electrons. The topological polar surface area (TPSA) is 80.3 Å². The van der Waals surface area contributed by atoms with Crippen molar-refractivity contribution in [3.8, 4) is 17.1 Å². The molecule has 0 fully saturated rings. The van der Waals surface area contributed by atoms with Crippen LogP contribution in [0.1, 0.15) is 30.3 Å². The van der Waals surface area contributed by atoms with Gasteiger partial charge < -0.3 is 14.8 Å². The van der Waals surface area contributed by atoms with Gasteiger partial charge in [0.1, 0.15) is 5.69 Å². The Morgan fingerprint density at radius 2 is 2.19 bits per heavy atom. The summed E-state index contributed by atoms with van der Waals surface area (Å²) in [6.45, 7) is 2.66. The Morgan fingerprint density at radius 1 is 1.33 bits per heavy atom. The minimum atomic E-state index is -0.250. The van der Waals surface area contributed by atoms with Crippen LogP contribution in [-0.4, -0.2) is 33.9 Å². The van der Waals surface area contributed by atoms with E-state index in [4.69, 9.17) is 21.1 Å². The predicted molar refractivity (Wildman–Crippen MR) is 104 cm³/mol. The molecule has 27 heavy (non-hydrogen) atoms. The molecule has 6 nitrogen and oxygen atoms in total. The van der Waals surface area contributed by atoms with E-state index in [0.717, 1.165) is 18.5 Å². The highest BCUT2D eigenvalue weighted by atomic mass is 35.5. The second-order valence-corrected chi connectivity index (χ2v) is 6.91. The number of aliphatic hydroxyl groups is 1. The summed E-state index contributed by atoms with van der Waals surface area (Å²) in [5, 5.41) is 17.0. The molecule has 1 unspecified atom stereocenters. The molecule has 2 aromatic heterocycles. The summed E-state index contributed by atoms with van der Waals surface area (Å²) in [6.07, 6.45) is 3.23. The molecular weight excluding hydrogens is 366 g/mol. The first-order chi connectivity index (χ1) is 13.1. The Labute approximate surface area is 162 Å². The number of amides is 1. The van der Waals surface area contributed by atoms with Crippen LogP contribution in [0.25, 0.3) is 17.1 Å². The number of hydrogen-bond donors (Lipinski definition) is 2. The Kier molecular flexibility index (Phi) is 6.32. The van der Waals surface area contributed by atoms with Crippen molar-refractivity contribution in [3.63, 3.8) is 0 Å². The Morgan fingerprint density at radius 3 is 2.89 bits per heavy atom. The van der Waals surface area contributed by atoms with Crippen molar-refractivity contribution in [2.75, 3.05) is 13.2 Å². The quantitative estimate of drug-likeness (QED) is 0.574. The average Bonchev–Trinajstić information content (AvgIpc) is 3.34. The fraction of sp³-hybridized carbons (Fsp3) is 0.300. The van der Waals surface area contributed by atoms with Crippen LogP contribution in [0.5, 0.6) is 0 Å². The lowest BCUT2D eigenvalue weighted by Gasteiger charge is -2.07. The molecule has 3 rings (SSSR count). The van der Waals surface area contributed by atoms with Gasteiger partial charge in [0.05, 0.1) is 12.0 Å². The van der Waals surface area contributed by atoms with Crippen LogP contribution < -0.4 is 5.32 Å². The molecule has 0 saturated heterocycles. The van der Waals surface area contributed by atoms with E-state index < -0.39 is 0 Å². The highest BCUT2D eigenvalue weighted by Gasteiger charge is 2.18. The fourth-order valence-corrected chi connectivity index (χ4v) is 2.92. The number of aliphatic hydroxyl groups excluding tert-OH is 1. The molecule has 0 spiro atoms. The molecule has 0 aliphatic heterocycles. The number of benzene rings is 1. The van der Waals surface area contributed by atoms with Gasteiger partial charge in [0.15, 0.2) is 11.5 Å². The average molecular weight is 388 g/mol. The zero-order valence-electron chi connectivity index (χ0n) is 15.1. The van der Waals surface area contributed by atoms with Crippen molar-refractivity contribution < 1.29 is 14.3 Å². The van der Waals surface area contributed by atoms with Gasteiger partial charge in [-0.25, -0.2) is 4.68 Å². The molecule has 0 radical (unpaired) electrons. The number of carbonyl (C=O) groups is 1. The van der Waals surface area contributed by atoms with E-state index in [-0.39, 0.29) is 18.4 Å². The summed E-state index contributed by atoms with van der Waals surface area (Å²) >= 11 is 6.10. The summed E-state index contributed by atoms with van der Waals surface area (Å²) in [4.78, 5) is 12.5. The number of halogens is 1. The third kappa shape index (κ3) is 4.78. The molecule has 0 aliphatic carbocycles. The van der Waals surface area contributed by atoms with Gasteiger partial charge in [-0.15, -0.1) is 0 Å². The first-order valence-electron chi connectivity index (χ1n) is 8.87. The molecule has 0 saturated carbocycles. The number of aromatic nitrogens is 2. The van der Waals surface area contributed by atoms with Crippen molar-refractivity contribution in [2.24, 2.45) is 5.92 Å². The van der Waals surface area contributed by atoms with E-state index in [1.807, 2.05) is 25.1 Å². The number of carbonyl (C=O) groups excluding carboxylic acids is 1. The van der Waals surface area contributed by atoms with Crippen molar-refractivity contribution in [1.29, 1.82) is 0 Å². The molecular formula is C20H22ClN3O3. The highest BCUT2D eigenvalue weighted by Crippen LogP contribution is 2.25. The van der Waals surface area contributed by atoms with Gasteiger partial charge in [0.2, 0.25) is 0 Å². The van der Waals surface area contributed by atoms with E-state index in [2.05, 4.69) is 10.4 Å². The van der Waals surface area contributed by atoms with Gasteiger partial charge in [0.25, 0.3) is 5.91 Å². The summed E-state index contributed by atoms with van der Waals surface area (Å²) < 4.78 is 7.14. The first kappa shape index (κ1) is 19.2. The standard InChI is InChI=1S/C20H22ClN3O3/c1-14(13-25)5-3-9-22-20(26)17-12-18(19-8-4-10-27-19)24(23-17)16-7-2-6-15(21)11-16/h2,4,6-8,10-12,14,25H,3,5,9,13H2,1H3,(H,22,26). The third-order valence-corrected chi connectivity index (χ3v) is 4.47. The van der Waals surface area contributed by atoms with Crippen LogP contribution >= 0.6 is 11.6 Å². The molecule has 2 heterocycles. The molecule has 1 aromatic carbocycles. The minimum Gasteiger partial charge on any atom is -0.463 e. The lowest BCUT2D eigenvalue weighted by atomic mass is 10.1. The molecule has 3 aromatic rings. The largest absolute Gasteiger partial charge is 0.463 e. The SMILES string of the molecule is CC(CO)CCCNC(=O)c1cc(-c2ccco2)n(-c2cccc(Cl)c2)n1. The summed E-state index contributed by atoms with van der Waals surface area (Å²) in [5.41, 5.74) is 1.71. The number of nitrogens with zero attached hydrogens (tertiary/aromatic N) is 2. The predicted octanol–water partition coefficient (Wildman–Crippen LogP) is 3.92. The number of furan rings is 1. The smallest absolute Gasteiger partial charge is 0.271 e.